The second-order valence-electron chi connectivity index (χ2n) is 4.53. The molecule has 1 aliphatic rings. The van der Waals surface area contributed by atoms with Gasteiger partial charge in [-0.1, -0.05) is 24.3 Å². The van der Waals surface area contributed by atoms with Gasteiger partial charge in [-0.25, -0.2) is 0 Å². The number of Topliss-reactive ketones (excluding diaryl/α,β-unsaturated/α-hetero) is 1. The highest BCUT2D eigenvalue weighted by molar-refractivity contribution is 5.81. The van der Waals surface area contributed by atoms with Crippen LogP contribution in [0.15, 0.2) is 24.3 Å². The van der Waals surface area contributed by atoms with E-state index in [1.54, 1.807) is 0 Å². The molecule has 1 aromatic carbocycles. The number of carbonyl (C=O) groups excluding carboxylic acids is 1. The second-order valence-corrected chi connectivity index (χ2v) is 4.53. The molecule has 1 unspecified atom stereocenters. The normalized spacial score (nSPS) is 19.5. The molecule has 0 radical (unpaired) electrons. The molecule has 92 valence electrons. The number of rotatable bonds is 5. The van der Waals surface area contributed by atoms with Crippen molar-refractivity contribution < 1.29 is 9.53 Å². The highest BCUT2D eigenvalue weighted by Crippen LogP contribution is 2.17. The quantitative estimate of drug-likeness (QED) is 0.844. The minimum Gasteiger partial charge on any atom is -0.378 e. The SMILES string of the molecule is NCc1ccccc1CC(=O)CC1CCCO1. The summed E-state index contributed by atoms with van der Waals surface area (Å²) < 4.78 is 5.47. The van der Waals surface area contributed by atoms with Crippen molar-refractivity contribution in [2.24, 2.45) is 5.73 Å². The zero-order valence-electron chi connectivity index (χ0n) is 10.0. The third-order valence-corrected chi connectivity index (χ3v) is 3.21. The Balaban J connectivity index is 1.92. The Labute approximate surface area is 102 Å². The minimum absolute atomic E-state index is 0.146. The van der Waals surface area contributed by atoms with Gasteiger partial charge in [0.1, 0.15) is 5.78 Å². The van der Waals surface area contributed by atoms with Crippen LogP contribution in [0.3, 0.4) is 0 Å². The zero-order valence-corrected chi connectivity index (χ0v) is 10.0. The Bertz CT molecular complexity index is 384. The van der Waals surface area contributed by atoms with Crippen LogP contribution in [-0.2, 0) is 22.5 Å². The molecular weight excluding hydrogens is 214 g/mol. The zero-order chi connectivity index (χ0) is 12.1. The fraction of sp³-hybridized carbons (Fsp3) is 0.500. The highest BCUT2D eigenvalue weighted by Gasteiger charge is 2.19. The van der Waals surface area contributed by atoms with Gasteiger partial charge in [0.2, 0.25) is 0 Å². The van der Waals surface area contributed by atoms with Gasteiger partial charge in [0.25, 0.3) is 0 Å². The van der Waals surface area contributed by atoms with Crippen molar-refractivity contribution in [3.05, 3.63) is 35.4 Å². The third kappa shape index (κ3) is 3.38. The number of nitrogens with two attached hydrogens (primary N) is 1. The maximum atomic E-state index is 11.9. The molecule has 1 atom stereocenters. The van der Waals surface area contributed by atoms with E-state index in [4.69, 9.17) is 10.5 Å². The van der Waals surface area contributed by atoms with E-state index in [9.17, 15) is 4.79 Å². The molecule has 1 aromatic rings. The van der Waals surface area contributed by atoms with Crippen molar-refractivity contribution in [3.8, 4) is 0 Å². The van der Waals surface area contributed by atoms with Gasteiger partial charge in [-0.3, -0.25) is 4.79 Å². The Morgan fingerprint density at radius 1 is 1.35 bits per heavy atom. The Hall–Kier alpha value is -1.19. The maximum absolute atomic E-state index is 11.9. The summed E-state index contributed by atoms with van der Waals surface area (Å²) in [5.41, 5.74) is 7.77. The third-order valence-electron chi connectivity index (χ3n) is 3.21. The average molecular weight is 233 g/mol. The number of carbonyl (C=O) groups is 1. The van der Waals surface area contributed by atoms with Crippen molar-refractivity contribution in [2.75, 3.05) is 6.61 Å². The van der Waals surface area contributed by atoms with Crippen LogP contribution in [0.2, 0.25) is 0 Å². The highest BCUT2D eigenvalue weighted by atomic mass is 16.5. The second kappa shape index (κ2) is 5.94. The minimum atomic E-state index is 0.146. The van der Waals surface area contributed by atoms with Crippen LogP contribution < -0.4 is 5.73 Å². The predicted molar refractivity (Wildman–Crippen MR) is 66.6 cm³/mol. The van der Waals surface area contributed by atoms with Crippen molar-refractivity contribution in [1.82, 2.24) is 0 Å². The van der Waals surface area contributed by atoms with Gasteiger partial charge >= 0.3 is 0 Å². The molecule has 1 heterocycles. The summed E-state index contributed by atoms with van der Waals surface area (Å²) >= 11 is 0. The first-order valence-electron chi connectivity index (χ1n) is 6.19. The van der Waals surface area contributed by atoms with E-state index in [1.165, 1.54) is 0 Å². The molecule has 1 saturated heterocycles. The largest absolute Gasteiger partial charge is 0.378 e. The fourth-order valence-electron chi connectivity index (χ4n) is 2.27. The number of ketones is 1. The van der Waals surface area contributed by atoms with Crippen LogP contribution in [0.4, 0.5) is 0 Å². The molecule has 0 aromatic heterocycles. The predicted octanol–water partition coefficient (Wildman–Crippen LogP) is 1.83. The van der Waals surface area contributed by atoms with Crippen molar-refractivity contribution in [1.29, 1.82) is 0 Å². The summed E-state index contributed by atoms with van der Waals surface area (Å²) in [7, 11) is 0. The summed E-state index contributed by atoms with van der Waals surface area (Å²) in [4.78, 5) is 11.9. The van der Waals surface area contributed by atoms with Crippen molar-refractivity contribution in [2.45, 2.75) is 38.3 Å². The van der Waals surface area contributed by atoms with Gasteiger partial charge in [-0.2, -0.15) is 0 Å². The van der Waals surface area contributed by atoms with Crippen LogP contribution in [0, 0.1) is 0 Å². The molecule has 3 nitrogen and oxygen atoms in total. The van der Waals surface area contributed by atoms with E-state index >= 15 is 0 Å². The number of hydrogen-bond donors (Lipinski definition) is 1. The van der Waals surface area contributed by atoms with Crippen LogP contribution in [0.25, 0.3) is 0 Å². The smallest absolute Gasteiger partial charge is 0.139 e. The molecular formula is C14H19NO2. The lowest BCUT2D eigenvalue weighted by molar-refractivity contribution is -0.120. The van der Waals surface area contributed by atoms with E-state index in [1.807, 2.05) is 24.3 Å². The van der Waals surface area contributed by atoms with Crippen LogP contribution in [-0.4, -0.2) is 18.5 Å². The van der Waals surface area contributed by atoms with Crippen LogP contribution in [0.1, 0.15) is 30.4 Å². The number of hydrogen-bond acceptors (Lipinski definition) is 3. The maximum Gasteiger partial charge on any atom is 0.139 e. The summed E-state index contributed by atoms with van der Waals surface area (Å²) in [6.45, 7) is 1.29. The van der Waals surface area contributed by atoms with E-state index in [-0.39, 0.29) is 11.9 Å². The van der Waals surface area contributed by atoms with E-state index in [0.29, 0.717) is 19.4 Å². The lowest BCUT2D eigenvalue weighted by atomic mass is 9.99. The molecule has 0 spiro atoms. The van der Waals surface area contributed by atoms with E-state index in [2.05, 4.69) is 0 Å². The molecule has 2 N–H and O–H groups in total. The Morgan fingerprint density at radius 2 is 2.12 bits per heavy atom. The first-order chi connectivity index (χ1) is 8.29. The molecule has 17 heavy (non-hydrogen) atoms. The van der Waals surface area contributed by atoms with Gasteiger partial charge in [0.15, 0.2) is 0 Å². The van der Waals surface area contributed by atoms with E-state index in [0.717, 1.165) is 30.6 Å². The van der Waals surface area contributed by atoms with Gasteiger partial charge in [-0.15, -0.1) is 0 Å². The average Bonchev–Trinajstić information content (AvgIpc) is 2.82. The number of ether oxygens (including phenoxy) is 1. The molecule has 1 fully saturated rings. The summed E-state index contributed by atoms with van der Waals surface area (Å²) in [5, 5.41) is 0. The fourth-order valence-corrected chi connectivity index (χ4v) is 2.27. The van der Waals surface area contributed by atoms with Gasteiger partial charge < -0.3 is 10.5 Å². The van der Waals surface area contributed by atoms with Crippen LogP contribution in [0.5, 0.6) is 0 Å². The van der Waals surface area contributed by atoms with Gasteiger partial charge in [0, 0.05) is 26.0 Å². The molecule has 0 aliphatic carbocycles. The summed E-state index contributed by atoms with van der Waals surface area (Å²) in [6, 6.07) is 7.87. The molecule has 2 rings (SSSR count). The lowest BCUT2D eigenvalue weighted by Gasteiger charge is -2.10. The van der Waals surface area contributed by atoms with Gasteiger partial charge in [-0.05, 0) is 24.0 Å². The molecule has 1 aliphatic heterocycles. The monoisotopic (exact) mass is 233 g/mol. The molecule has 0 saturated carbocycles. The van der Waals surface area contributed by atoms with Crippen molar-refractivity contribution in [3.63, 3.8) is 0 Å². The van der Waals surface area contributed by atoms with Crippen molar-refractivity contribution >= 4 is 5.78 Å². The molecule has 0 bridgehead atoms. The lowest BCUT2D eigenvalue weighted by Crippen LogP contribution is -2.15. The van der Waals surface area contributed by atoms with Crippen LogP contribution >= 0.6 is 0 Å². The Morgan fingerprint density at radius 3 is 2.76 bits per heavy atom. The van der Waals surface area contributed by atoms with E-state index < -0.39 is 0 Å². The standard InChI is InChI=1S/C14H19NO2/c15-10-12-5-2-1-4-11(12)8-13(16)9-14-6-3-7-17-14/h1-2,4-5,14H,3,6-10,15H2. The number of benzene rings is 1. The first kappa shape index (κ1) is 12.3. The summed E-state index contributed by atoms with van der Waals surface area (Å²) in [6.07, 6.45) is 3.26. The molecule has 0 amide bonds. The van der Waals surface area contributed by atoms with Gasteiger partial charge in [0.05, 0.1) is 6.10 Å². The summed E-state index contributed by atoms with van der Waals surface area (Å²) in [5.74, 6) is 0.248. The topological polar surface area (TPSA) is 52.3 Å². The molecule has 3 heteroatoms. The Kier molecular flexibility index (Phi) is 4.29. The first-order valence-corrected chi connectivity index (χ1v) is 6.19.